The fraction of sp³-hybridized carbons (Fsp3) is 0.423. The van der Waals surface area contributed by atoms with E-state index >= 15 is 0 Å². The normalized spacial score (nSPS) is 17.6. The second-order valence-corrected chi connectivity index (χ2v) is 11.3. The molecule has 1 unspecified atom stereocenters. The highest BCUT2D eigenvalue weighted by atomic mass is 32.1. The number of thiophene rings is 1. The van der Waals surface area contributed by atoms with Crippen molar-refractivity contribution in [3.63, 3.8) is 0 Å². The Morgan fingerprint density at radius 3 is 2.86 bits per heavy atom. The molecule has 35 heavy (non-hydrogen) atoms. The van der Waals surface area contributed by atoms with Crippen molar-refractivity contribution >= 4 is 38.9 Å². The highest BCUT2D eigenvalue weighted by Gasteiger charge is 2.32. The van der Waals surface area contributed by atoms with Crippen molar-refractivity contribution in [2.75, 3.05) is 18.1 Å². The number of hydrogen-bond acceptors (Lipinski definition) is 7. The first-order valence-corrected chi connectivity index (χ1v) is 12.6. The van der Waals surface area contributed by atoms with Crippen LogP contribution in [0.5, 0.6) is 5.75 Å². The lowest BCUT2D eigenvalue weighted by atomic mass is 9.72. The maximum absolute atomic E-state index is 13.4. The molecule has 0 spiro atoms. The summed E-state index contributed by atoms with van der Waals surface area (Å²) >= 11 is 1.55. The summed E-state index contributed by atoms with van der Waals surface area (Å²) in [6, 6.07) is 4.93. The Balaban J connectivity index is 1.44. The third-order valence-electron chi connectivity index (χ3n) is 6.99. The number of carbonyl (C=O) groups is 2. The molecule has 1 amide bonds. The van der Waals surface area contributed by atoms with Gasteiger partial charge in [-0.05, 0) is 54.4 Å². The van der Waals surface area contributed by atoms with Gasteiger partial charge in [0.05, 0.1) is 11.1 Å². The summed E-state index contributed by atoms with van der Waals surface area (Å²) in [5, 5.41) is 8.96. The maximum atomic E-state index is 13.4. The van der Waals surface area contributed by atoms with Gasteiger partial charge >= 0.3 is 0 Å². The quantitative estimate of drug-likeness (QED) is 0.397. The molecule has 8 nitrogen and oxygen atoms in total. The molecule has 182 valence electrons. The Morgan fingerprint density at radius 1 is 1.31 bits per heavy atom. The largest absolute Gasteiger partial charge is 0.482 e. The Morgan fingerprint density at radius 2 is 2.11 bits per heavy atom. The van der Waals surface area contributed by atoms with Crippen molar-refractivity contribution < 1.29 is 14.3 Å². The van der Waals surface area contributed by atoms with Gasteiger partial charge in [-0.1, -0.05) is 32.1 Å². The van der Waals surface area contributed by atoms with Gasteiger partial charge in [0.15, 0.2) is 17.2 Å². The number of aromatic nitrogens is 3. The molecule has 1 aromatic carbocycles. The molecule has 0 saturated heterocycles. The molecule has 0 bridgehead atoms. The molecule has 2 aliphatic rings. The van der Waals surface area contributed by atoms with Gasteiger partial charge < -0.3 is 9.64 Å². The number of benzene rings is 1. The SMILES string of the molecule is C=CCN1C(=O)COc2ccc(C(=O)Cn3nnc4sc5c(c4c3=O)CCC(C(C)(C)C)C5)cc21. The van der Waals surface area contributed by atoms with E-state index in [0.717, 1.165) is 29.5 Å². The Kier molecular flexibility index (Phi) is 5.83. The highest BCUT2D eigenvalue weighted by molar-refractivity contribution is 7.18. The minimum absolute atomic E-state index is 0.0550. The second-order valence-electron chi connectivity index (χ2n) is 10.2. The van der Waals surface area contributed by atoms with Gasteiger partial charge in [0.1, 0.15) is 12.3 Å². The van der Waals surface area contributed by atoms with Crippen molar-refractivity contribution in [3.05, 3.63) is 57.2 Å². The van der Waals surface area contributed by atoms with Crippen LogP contribution in [0.15, 0.2) is 35.6 Å². The summed E-state index contributed by atoms with van der Waals surface area (Å²) in [5.74, 6) is 0.586. The third-order valence-corrected chi connectivity index (χ3v) is 8.13. The van der Waals surface area contributed by atoms with Crippen molar-refractivity contribution in [1.29, 1.82) is 0 Å². The van der Waals surface area contributed by atoms with E-state index in [1.54, 1.807) is 35.6 Å². The van der Waals surface area contributed by atoms with E-state index in [0.29, 0.717) is 39.7 Å². The number of ether oxygens (including phenoxy) is 1. The van der Waals surface area contributed by atoms with Gasteiger partial charge in [-0.25, -0.2) is 4.68 Å². The van der Waals surface area contributed by atoms with Crippen LogP contribution in [0.1, 0.15) is 48.0 Å². The molecule has 9 heteroatoms. The van der Waals surface area contributed by atoms with E-state index in [1.165, 1.54) is 9.78 Å². The lowest BCUT2D eigenvalue weighted by Crippen LogP contribution is -2.39. The standard InChI is InChI=1S/C26H28N4O4S/c1-5-10-29-18-11-15(6-9-20(18)34-14-22(29)32)19(31)13-30-25(33)23-17-8-7-16(26(2,3)4)12-21(17)35-24(23)27-28-30/h5-6,9,11,16H,1,7-8,10,12-14H2,2-4H3. The van der Waals surface area contributed by atoms with E-state index in [-0.39, 0.29) is 35.8 Å². The summed E-state index contributed by atoms with van der Waals surface area (Å²) in [4.78, 5) is 42.1. The molecule has 1 aliphatic heterocycles. The zero-order chi connectivity index (χ0) is 24.9. The van der Waals surface area contributed by atoms with Crippen LogP contribution in [0.3, 0.4) is 0 Å². The van der Waals surface area contributed by atoms with Gasteiger partial charge in [-0.15, -0.1) is 23.0 Å². The summed E-state index contributed by atoms with van der Waals surface area (Å²) < 4.78 is 6.64. The first-order chi connectivity index (χ1) is 16.7. The van der Waals surface area contributed by atoms with Crippen LogP contribution >= 0.6 is 11.3 Å². The summed E-state index contributed by atoms with van der Waals surface area (Å²) in [5.41, 5.74) is 1.88. The molecular formula is C26H28N4O4S. The van der Waals surface area contributed by atoms with E-state index in [2.05, 4.69) is 37.7 Å². The fourth-order valence-corrected chi connectivity index (χ4v) is 6.14. The van der Waals surface area contributed by atoms with Crippen LogP contribution in [0.4, 0.5) is 5.69 Å². The molecule has 0 saturated carbocycles. The molecule has 3 heterocycles. The van der Waals surface area contributed by atoms with Gasteiger partial charge in [0, 0.05) is 17.0 Å². The monoisotopic (exact) mass is 492 g/mol. The lowest BCUT2D eigenvalue weighted by Gasteiger charge is -2.33. The van der Waals surface area contributed by atoms with E-state index in [9.17, 15) is 14.4 Å². The van der Waals surface area contributed by atoms with Crippen LogP contribution < -0.4 is 15.2 Å². The first kappa shape index (κ1) is 23.4. The Hall–Kier alpha value is -3.33. The van der Waals surface area contributed by atoms with Crippen molar-refractivity contribution in [2.24, 2.45) is 11.3 Å². The van der Waals surface area contributed by atoms with Crippen LogP contribution in [0, 0.1) is 11.3 Å². The van der Waals surface area contributed by atoms with E-state index in [1.807, 2.05) is 0 Å². The number of anilines is 1. The van der Waals surface area contributed by atoms with Crippen LogP contribution in [-0.4, -0.2) is 39.8 Å². The molecule has 3 aromatic rings. The predicted octanol–water partition coefficient (Wildman–Crippen LogP) is 3.80. The van der Waals surface area contributed by atoms with E-state index in [4.69, 9.17) is 4.74 Å². The number of aryl methyl sites for hydroxylation is 1. The van der Waals surface area contributed by atoms with Crippen LogP contribution in [-0.2, 0) is 24.2 Å². The number of hydrogen-bond donors (Lipinski definition) is 0. The maximum Gasteiger partial charge on any atom is 0.279 e. The number of fused-ring (bicyclic) bond motifs is 4. The smallest absolute Gasteiger partial charge is 0.279 e. The second kappa shape index (κ2) is 8.71. The lowest BCUT2D eigenvalue weighted by molar-refractivity contribution is -0.121. The van der Waals surface area contributed by atoms with Crippen molar-refractivity contribution in [3.8, 4) is 5.75 Å². The topological polar surface area (TPSA) is 94.4 Å². The minimum atomic E-state index is -0.294. The molecule has 5 rings (SSSR count). The Bertz CT molecular complexity index is 1420. The predicted molar refractivity (Wildman–Crippen MR) is 135 cm³/mol. The third kappa shape index (κ3) is 4.18. The summed E-state index contributed by atoms with van der Waals surface area (Å²) in [6.45, 7) is 10.5. The molecule has 0 fully saturated rings. The number of nitrogens with zero attached hydrogens (tertiary/aromatic N) is 4. The van der Waals surface area contributed by atoms with Crippen molar-refractivity contribution in [1.82, 2.24) is 15.0 Å². The average Bonchev–Trinajstić information content (AvgIpc) is 3.20. The summed E-state index contributed by atoms with van der Waals surface area (Å²) in [7, 11) is 0. The molecule has 1 aliphatic carbocycles. The number of carbonyl (C=O) groups excluding carboxylic acids is 2. The van der Waals surface area contributed by atoms with Crippen LogP contribution in [0.2, 0.25) is 0 Å². The van der Waals surface area contributed by atoms with Gasteiger partial charge in [0.25, 0.3) is 11.5 Å². The number of ketones is 1. The van der Waals surface area contributed by atoms with Gasteiger partial charge in [-0.3, -0.25) is 14.4 Å². The zero-order valence-electron chi connectivity index (χ0n) is 20.2. The summed E-state index contributed by atoms with van der Waals surface area (Å²) in [6.07, 6.45) is 4.43. The number of amides is 1. The molecule has 0 N–H and O–H groups in total. The molecular weight excluding hydrogens is 464 g/mol. The van der Waals surface area contributed by atoms with Gasteiger partial charge in [-0.2, -0.15) is 0 Å². The molecule has 1 atom stereocenters. The van der Waals surface area contributed by atoms with E-state index < -0.39 is 0 Å². The molecule has 0 radical (unpaired) electrons. The van der Waals surface area contributed by atoms with Gasteiger partial charge in [0.2, 0.25) is 0 Å². The van der Waals surface area contributed by atoms with Crippen LogP contribution in [0.25, 0.3) is 10.2 Å². The number of rotatable bonds is 5. The fourth-order valence-electron chi connectivity index (χ4n) is 4.90. The molecule has 2 aromatic heterocycles. The number of Topliss-reactive ketones (excluding diaryl/α,β-unsaturated/α-hetero) is 1. The average molecular weight is 493 g/mol. The Labute approximate surface area is 207 Å². The zero-order valence-corrected chi connectivity index (χ0v) is 21.0. The highest BCUT2D eigenvalue weighted by Crippen LogP contribution is 2.42. The first-order valence-electron chi connectivity index (χ1n) is 11.8. The van der Waals surface area contributed by atoms with Crippen molar-refractivity contribution in [2.45, 2.75) is 46.6 Å². The minimum Gasteiger partial charge on any atom is -0.482 e.